The second-order valence-electron chi connectivity index (χ2n) is 7.11. The highest BCUT2D eigenvalue weighted by atomic mass is 35.5. The van der Waals surface area contributed by atoms with E-state index in [2.05, 4.69) is 4.90 Å². The van der Waals surface area contributed by atoms with Gasteiger partial charge in [0.25, 0.3) is 0 Å². The van der Waals surface area contributed by atoms with E-state index in [1.165, 1.54) is 6.07 Å². The second-order valence-corrected chi connectivity index (χ2v) is 7.92. The number of amides is 1. The third kappa shape index (κ3) is 3.90. The molecule has 2 fully saturated rings. The van der Waals surface area contributed by atoms with Crippen molar-refractivity contribution in [1.82, 2.24) is 9.80 Å². The Bertz CT molecular complexity index is 639. The molecule has 0 spiro atoms. The molecule has 2 aliphatic rings. The van der Waals surface area contributed by atoms with Gasteiger partial charge in [-0.15, -0.1) is 0 Å². The Balaban J connectivity index is 1.64. The lowest BCUT2D eigenvalue weighted by molar-refractivity contribution is -0.147. The summed E-state index contributed by atoms with van der Waals surface area (Å²) < 4.78 is 0. The molecule has 2 aliphatic heterocycles. The molecule has 1 amide bonds. The van der Waals surface area contributed by atoms with Gasteiger partial charge < -0.3 is 15.1 Å². The molecule has 1 aromatic carbocycles. The fraction of sp³-hybridized carbons (Fsp3) is 0.611. The van der Waals surface area contributed by atoms with Crippen molar-refractivity contribution in [1.29, 1.82) is 0 Å². The summed E-state index contributed by atoms with van der Waals surface area (Å²) in [4.78, 5) is 16.9. The van der Waals surface area contributed by atoms with E-state index in [4.69, 9.17) is 23.2 Å². The van der Waals surface area contributed by atoms with Crippen molar-refractivity contribution < 1.29 is 15.0 Å². The molecule has 2 saturated heterocycles. The van der Waals surface area contributed by atoms with Gasteiger partial charge in [-0.3, -0.25) is 9.69 Å². The molecule has 3 rings (SSSR count). The summed E-state index contributed by atoms with van der Waals surface area (Å²) in [6.07, 6.45) is 3.35. The third-order valence-corrected chi connectivity index (χ3v) is 6.20. The average Bonchev–Trinajstić information content (AvgIpc) is 3.14. The molecule has 0 bridgehead atoms. The molecule has 2 heterocycles. The Morgan fingerprint density at radius 2 is 1.68 bits per heavy atom. The highest BCUT2D eigenvalue weighted by Crippen LogP contribution is 2.36. The minimum absolute atomic E-state index is 0.101. The first-order valence-electron chi connectivity index (χ1n) is 8.75. The number of aliphatic hydroxyl groups excluding tert-OH is 1. The van der Waals surface area contributed by atoms with E-state index >= 15 is 0 Å². The van der Waals surface area contributed by atoms with Crippen LogP contribution in [-0.4, -0.2) is 58.7 Å². The smallest absolute Gasteiger partial charge is 0.231 e. The highest BCUT2D eigenvalue weighted by Gasteiger charge is 2.43. The number of phenols is 1. The van der Waals surface area contributed by atoms with Gasteiger partial charge in [-0.05, 0) is 44.8 Å². The van der Waals surface area contributed by atoms with Crippen LogP contribution in [0.3, 0.4) is 0 Å². The molecule has 7 heteroatoms. The van der Waals surface area contributed by atoms with Gasteiger partial charge in [-0.25, -0.2) is 0 Å². The van der Waals surface area contributed by atoms with Crippen molar-refractivity contribution in [2.45, 2.75) is 32.2 Å². The summed E-state index contributed by atoms with van der Waals surface area (Å²) >= 11 is 11.9. The number of piperidine rings is 1. The zero-order valence-corrected chi connectivity index (χ0v) is 15.7. The molecular formula is C18H24Cl2N2O3. The minimum Gasteiger partial charge on any atom is -0.508 e. The number of halogens is 2. The minimum atomic E-state index is -0.652. The van der Waals surface area contributed by atoms with Crippen LogP contribution in [-0.2, 0) is 11.3 Å². The molecule has 0 atom stereocenters. The SMILES string of the molecule is O=C(N1CCCC1)C1(CO)CCN(Cc2cc(Cl)c(Cl)cc2O)CC1. The molecule has 2 N–H and O–H groups in total. The quantitative estimate of drug-likeness (QED) is 0.834. The Morgan fingerprint density at radius 1 is 1.08 bits per heavy atom. The largest absolute Gasteiger partial charge is 0.508 e. The topological polar surface area (TPSA) is 64.0 Å². The molecule has 0 unspecified atom stereocenters. The van der Waals surface area contributed by atoms with E-state index in [-0.39, 0.29) is 18.3 Å². The van der Waals surface area contributed by atoms with Gasteiger partial charge in [-0.2, -0.15) is 0 Å². The van der Waals surface area contributed by atoms with Crippen molar-refractivity contribution in [3.8, 4) is 5.75 Å². The summed E-state index contributed by atoms with van der Waals surface area (Å²) in [6, 6.07) is 3.14. The molecule has 138 valence electrons. The molecule has 1 aromatic rings. The number of phenolic OH excluding ortho intramolecular Hbond substituents is 1. The van der Waals surface area contributed by atoms with Gasteiger partial charge in [0.1, 0.15) is 5.75 Å². The van der Waals surface area contributed by atoms with E-state index in [0.29, 0.717) is 42.5 Å². The maximum Gasteiger partial charge on any atom is 0.231 e. The van der Waals surface area contributed by atoms with E-state index in [1.54, 1.807) is 6.07 Å². The normalized spacial score (nSPS) is 20.8. The highest BCUT2D eigenvalue weighted by molar-refractivity contribution is 6.42. The Labute approximate surface area is 158 Å². The number of carbonyl (C=O) groups is 1. The van der Waals surface area contributed by atoms with Crippen LogP contribution in [0.5, 0.6) is 5.75 Å². The summed E-state index contributed by atoms with van der Waals surface area (Å²) in [7, 11) is 0. The van der Waals surface area contributed by atoms with Crippen LogP contribution in [0.25, 0.3) is 0 Å². The standard InChI is InChI=1S/C18H24Cl2N2O3/c19-14-9-13(16(24)10-15(14)20)11-21-7-3-18(12-23,4-8-21)17(25)22-5-1-2-6-22/h9-10,23-24H,1-8,11-12H2. The number of likely N-dealkylation sites (tertiary alicyclic amines) is 2. The van der Waals surface area contributed by atoms with E-state index in [9.17, 15) is 15.0 Å². The first-order chi connectivity index (χ1) is 11.9. The Hall–Kier alpha value is -1.01. The van der Waals surface area contributed by atoms with Crippen molar-refractivity contribution in [3.63, 3.8) is 0 Å². The van der Waals surface area contributed by atoms with Crippen molar-refractivity contribution >= 4 is 29.1 Å². The molecule has 5 nitrogen and oxygen atoms in total. The third-order valence-electron chi connectivity index (χ3n) is 5.48. The number of benzene rings is 1. The predicted octanol–water partition coefficient (Wildman–Crippen LogP) is 2.90. The number of nitrogens with zero attached hydrogens (tertiary/aromatic N) is 2. The zero-order valence-electron chi connectivity index (χ0n) is 14.2. The fourth-order valence-corrected chi connectivity index (χ4v) is 4.12. The number of carbonyl (C=O) groups excluding carboxylic acids is 1. The number of hydrogen-bond acceptors (Lipinski definition) is 4. The van der Waals surface area contributed by atoms with Gasteiger partial charge in [0.2, 0.25) is 5.91 Å². The van der Waals surface area contributed by atoms with Crippen LogP contribution in [0.2, 0.25) is 10.0 Å². The van der Waals surface area contributed by atoms with Gasteiger partial charge >= 0.3 is 0 Å². The van der Waals surface area contributed by atoms with Gasteiger partial charge in [0.05, 0.1) is 22.1 Å². The van der Waals surface area contributed by atoms with Crippen molar-refractivity contribution in [2.75, 3.05) is 32.8 Å². The van der Waals surface area contributed by atoms with E-state index in [1.807, 2.05) is 4.90 Å². The molecule has 0 saturated carbocycles. The lowest BCUT2D eigenvalue weighted by Gasteiger charge is -2.41. The van der Waals surface area contributed by atoms with Crippen LogP contribution in [0.15, 0.2) is 12.1 Å². The zero-order chi connectivity index (χ0) is 18.0. The summed E-state index contributed by atoms with van der Waals surface area (Å²) in [5.74, 6) is 0.228. The van der Waals surface area contributed by atoms with Crippen LogP contribution in [0.4, 0.5) is 0 Å². The number of aromatic hydroxyl groups is 1. The monoisotopic (exact) mass is 386 g/mol. The van der Waals surface area contributed by atoms with E-state index < -0.39 is 5.41 Å². The van der Waals surface area contributed by atoms with Crippen LogP contribution in [0.1, 0.15) is 31.2 Å². The van der Waals surface area contributed by atoms with Gasteiger partial charge in [0.15, 0.2) is 0 Å². The van der Waals surface area contributed by atoms with Gasteiger partial charge in [-0.1, -0.05) is 23.2 Å². The lowest BCUT2D eigenvalue weighted by atomic mass is 9.77. The average molecular weight is 387 g/mol. The number of hydrogen-bond donors (Lipinski definition) is 2. The Kier molecular flexibility index (Phi) is 5.78. The summed E-state index contributed by atoms with van der Waals surface area (Å²) in [6.45, 7) is 3.44. The maximum atomic E-state index is 12.8. The van der Waals surface area contributed by atoms with Crippen LogP contribution in [0, 0.1) is 5.41 Å². The van der Waals surface area contributed by atoms with E-state index in [0.717, 1.165) is 31.5 Å². The van der Waals surface area contributed by atoms with Crippen LogP contribution < -0.4 is 0 Å². The van der Waals surface area contributed by atoms with Crippen LogP contribution >= 0.6 is 23.2 Å². The van der Waals surface area contributed by atoms with Gasteiger partial charge in [0, 0.05) is 31.3 Å². The Morgan fingerprint density at radius 3 is 2.28 bits per heavy atom. The second kappa shape index (κ2) is 7.70. The lowest BCUT2D eigenvalue weighted by Crippen LogP contribution is -2.51. The maximum absolute atomic E-state index is 12.8. The molecular weight excluding hydrogens is 363 g/mol. The molecule has 0 aliphatic carbocycles. The predicted molar refractivity (Wildman–Crippen MR) is 98.0 cm³/mol. The fourth-order valence-electron chi connectivity index (χ4n) is 3.78. The first kappa shape index (κ1) is 18.8. The van der Waals surface area contributed by atoms with Crippen molar-refractivity contribution in [2.24, 2.45) is 5.41 Å². The van der Waals surface area contributed by atoms with Crippen molar-refractivity contribution in [3.05, 3.63) is 27.7 Å². The summed E-state index contributed by atoms with van der Waals surface area (Å²) in [5.41, 5.74) is 0.0670. The molecule has 25 heavy (non-hydrogen) atoms. The number of aliphatic hydroxyl groups is 1. The number of rotatable bonds is 4. The molecule has 0 aromatic heterocycles. The summed E-state index contributed by atoms with van der Waals surface area (Å²) in [5, 5.41) is 20.7. The molecule has 0 radical (unpaired) electrons. The first-order valence-corrected chi connectivity index (χ1v) is 9.50.